The van der Waals surface area contributed by atoms with Gasteiger partial charge in [-0.1, -0.05) is 0 Å². The number of amides is 1. The van der Waals surface area contributed by atoms with Crippen molar-refractivity contribution >= 4 is 19.3 Å². The number of carbonyl (C=O) groups excluding carboxylic acids is 2. The summed E-state index contributed by atoms with van der Waals surface area (Å²) in [4.78, 5) is 21.3. The molecule has 1 fully saturated rings. The van der Waals surface area contributed by atoms with E-state index in [2.05, 4.69) is 10.6 Å². The normalized spacial score (nSPS) is 27.8. The number of carbonyl (C=O) groups is 2. The summed E-state index contributed by atoms with van der Waals surface area (Å²) in [5.41, 5.74) is 0. The van der Waals surface area contributed by atoms with Crippen LogP contribution >= 0.6 is 0 Å². The first kappa shape index (κ1) is 9.06. The number of aldehydes is 1. The van der Waals surface area contributed by atoms with Gasteiger partial charge in [-0.05, 0) is 0 Å². The van der Waals surface area contributed by atoms with Gasteiger partial charge in [0.2, 0.25) is 0 Å². The summed E-state index contributed by atoms with van der Waals surface area (Å²) in [5.74, 6) is -0.214. The van der Waals surface area contributed by atoms with Crippen molar-refractivity contribution in [1.82, 2.24) is 10.6 Å². The summed E-state index contributed by atoms with van der Waals surface area (Å²) in [6.45, 7) is 0. The van der Waals surface area contributed by atoms with Crippen molar-refractivity contribution in [3.05, 3.63) is 0 Å². The van der Waals surface area contributed by atoms with E-state index >= 15 is 0 Å². The molecule has 1 aliphatic heterocycles. The van der Waals surface area contributed by atoms with Gasteiger partial charge in [0.25, 0.3) is 0 Å². The Kier molecular flexibility index (Phi) is 3.10. The fraction of sp³-hybridized carbons (Fsp3) is 0.667. The summed E-state index contributed by atoms with van der Waals surface area (Å²) in [7, 11) is 0.682. The molecule has 0 aromatic carbocycles. The first-order chi connectivity index (χ1) is 5.77. The van der Waals surface area contributed by atoms with Crippen molar-refractivity contribution in [3.8, 4) is 0 Å². The summed E-state index contributed by atoms with van der Waals surface area (Å²) in [5, 5.41) is 5.18. The molecule has 1 aliphatic rings. The number of hydrogen-bond donors (Lipinski definition) is 2. The molecule has 0 spiro atoms. The molecule has 6 heteroatoms. The van der Waals surface area contributed by atoms with Crippen molar-refractivity contribution in [3.63, 3.8) is 0 Å². The van der Waals surface area contributed by atoms with Crippen LogP contribution < -0.4 is 10.6 Å². The molecule has 2 unspecified atom stereocenters. The molecular formula is C6H9BN2O3. The molecule has 0 radical (unpaired) electrons. The SMILES string of the molecule is O=BCNC1CC(C=O)NC1=O. The molecule has 5 nitrogen and oxygen atoms in total. The first-order valence-corrected chi connectivity index (χ1v) is 3.70. The van der Waals surface area contributed by atoms with Crippen LogP contribution in [0.15, 0.2) is 0 Å². The van der Waals surface area contributed by atoms with Gasteiger partial charge in [-0.2, -0.15) is 0 Å². The van der Waals surface area contributed by atoms with Crippen LogP contribution in [0.5, 0.6) is 0 Å². The molecular weight excluding hydrogens is 159 g/mol. The molecule has 0 saturated carbocycles. The van der Waals surface area contributed by atoms with Gasteiger partial charge in [0.15, 0.2) is 0 Å². The van der Waals surface area contributed by atoms with E-state index < -0.39 is 12.1 Å². The Morgan fingerprint density at radius 1 is 1.75 bits per heavy atom. The third kappa shape index (κ3) is 1.98. The van der Waals surface area contributed by atoms with Crippen LogP contribution in [-0.2, 0) is 14.3 Å². The van der Waals surface area contributed by atoms with Crippen LogP contribution in [0.3, 0.4) is 0 Å². The number of nitrogens with one attached hydrogen (secondary N) is 2. The van der Waals surface area contributed by atoms with Gasteiger partial charge in [0.1, 0.15) is 0 Å². The van der Waals surface area contributed by atoms with Gasteiger partial charge in [0.05, 0.1) is 0 Å². The van der Waals surface area contributed by atoms with Crippen LogP contribution in [0.25, 0.3) is 0 Å². The van der Waals surface area contributed by atoms with Crippen LogP contribution in [0.1, 0.15) is 6.42 Å². The molecule has 2 atom stereocenters. The Labute approximate surface area is 70.1 Å². The van der Waals surface area contributed by atoms with Crippen molar-refractivity contribution < 1.29 is 14.3 Å². The summed E-state index contributed by atoms with van der Waals surface area (Å²) in [6, 6.07) is -0.799. The van der Waals surface area contributed by atoms with Gasteiger partial charge in [-0.25, -0.2) is 0 Å². The summed E-state index contributed by atoms with van der Waals surface area (Å²) >= 11 is 0. The van der Waals surface area contributed by atoms with Crippen LogP contribution in [0.4, 0.5) is 0 Å². The van der Waals surface area contributed by atoms with Crippen molar-refractivity contribution in [2.24, 2.45) is 0 Å². The molecule has 0 bridgehead atoms. The molecule has 12 heavy (non-hydrogen) atoms. The maximum atomic E-state index is 11.0. The van der Waals surface area contributed by atoms with Gasteiger partial charge in [-0.3, -0.25) is 0 Å². The second-order valence-electron chi connectivity index (χ2n) is 2.61. The number of rotatable bonds is 4. The molecule has 1 heterocycles. The Bertz CT molecular complexity index is 209. The minimum absolute atomic E-state index is 0.143. The van der Waals surface area contributed by atoms with E-state index in [0.29, 0.717) is 19.9 Å². The van der Waals surface area contributed by atoms with Crippen LogP contribution in [0.2, 0.25) is 0 Å². The predicted octanol–water partition coefficient (Wildman–Crippen LogP) is -1.96. The molecule has 0 aromatic rings. The van der Waals surface area contributed by atoms with Crippen molar-refractivity contribution in [2.75, 3.05) is 6.44 Å². The molecule has 1 rings (SSSR count). The van der Waals surface area contributed by atoms with E-state index in [1.165, 1.54) is 0 Å². The molecule has 1 saturated heterocycles. The Morgan fingerprint density at radius 2 is 2.50 bits per heavy atom. The van der Waals surface area contributed by atoms with E-state index in [0.717, 1.165) is 0 Å². The van der Waals surface area contributed by atoms with E-state index in [9.17, 15) is 14.3 Å². The molecule has 1 amide bonds. The summed E-state index contributed by atoms with van der Waals surface area (Å²) < 4.78 is 9.96. The zero-order valence-electron chi connectivity index (χ0n) is 6.45. The molecule has 0 aromatic heterocycles. The van der Waals surface area contributed by atoms with Crippen LogP contribution in [-0.4, -0.2) is 37.9 Å². The van der Waals surface area contributed by atoms with Crippen molar-refractivity contribution in [1.29, 1.82) is 0 Å². The minimum atomic E-state index is -0.401. The van der Waals surface area contributed by atoms with E-state index in [1.807, 2.05) is 0 Å². The average Bonchev–Trinajstić information content (AvgIpc) is 2.43. The fourth-order valence-electron chi connectivity index (χ4n) is 1.16. The van der Waals surface area contributed by atoms with Gasteiger partial charge in [-0.15, -0.1) is 0 Å². The standard InChI is InChI=1S/C6H9BN2O3/c10-2-4-1-5(6(11)9-4)8-3-7-12/h2,4-5,8H,1,3H2,(H,9,11). The van der Waals surface area contributed by atoms with Crippen LogP contribution in [0, 0.1) is 0 Å². The van der Waals surface area contributed by atoms with E-state index in [-0.39, 0.29) is 12.4 Å². The monoisotopic (exact) mass is 168 g/mol. The third-order valence-corrected chi connectivity index (χ3v) is 1.75. The predicted molar refractivity (Wildman–Crippen MR) is 40.8 cm³/mol. The van der Waals surface area contributed by atoms with E-state index in [4.69, 9.17) is 0 Å². The molecule has 0 aliphatic carbocycles. The summed E-state index contributed by atoms with van der Waals surface area (Å²) in [6.07, 6.45) is 1.26. The molecule has 64 valence electrons. The molecule has 2 N–H and O–H groups in total. The topological polar surface area (TPSA) is 75.3 Å². The van der Waals surface area contributed by atoms with Crippen molar-refractivity contribution in [2.45, 2.75) is 18.5 Å². The second kappa shape index (κ2) is 4.11. The zero-order chi connectivity index (χ0) is 8.97. The first-order valence-electron chi connectivity index (χ1n) is 3.70. The van der Waals surface area contributed by atoms with E-state index in [1.54, 1.807) is 0 Å². The Hall–Kier alpha value is -1.04. The Morgan fingerprint density at radius 3 is 3.00 bits per heavy atom. The quantitative estimate of drug-likeness (QED) is 0.377. The Balaban J connectivity index is 2.40. The second-order valence-corrected chi connectivity index (χ2v) is 2.61. The third-order valence-electron chi connectivity index (χ3n) is 1.75. The number of hydrogen-bond acceptors (Lipinski definition) is 4. The maximum absolute atomic E-state index is 11.0. The van der Waals surface area contributed by atoms with Gasteiger partial charge >= 0.3 is 69.2 Å². The van der Waals surface area contributed by atoms with Gasteiger partial charge in [0, 0.05) is 0 Å². The zero-order valence-corrected chi connectivity index (χ0v) is 6.45. The average molecular weight is 168 g/mol. The fourth-order valence-corrected chi connectivity index (χ4v) is 1.16. The van der Waals surface area contributed by atoms with Gasteiger partial charge < -0.3 is 0 Å².